The lowest BCUT2D eigenvalue weighted by Crippen LogP contribution is -2.16. The Kier molecular flexibility index (Phi) is 4.20. The number of hydrogen-bond donors (Lipinski definition) is 2. The maximum atomic E-state index is 5.70. The van der Waals surface area contributed by atoms with Crippen molar-refractivity contribution in [3.05, 3.63) is 42.5 Å². The first-order valence-corrected chi connectivity index (χ1v) is 4.91. The van der Waals surface area contributed by atoms with E-state index in [0.717, 1.165) is 18.5 Å². The molecule has 14 heavy (non-hydrogen) atoms. The molecule has 0 fully saturated rings. The van der Waals surface area contributed by atoms with Crippen molar-refractivity contribution in [1.29, 1.82) is 0 Å². The molecule has 0 aliphatic carbocycles. The van der Waals surface area contributed by atoms with Crippen molar-refractivity contribution in [2.45, 2.75) is 12.8 Å². The Morgan fingerprint density at radius 3 is 2.79 bits per heavy atom. The molecular formula is C12H18N2. The summed E-state index contributed by atoms with van der Waals surface area (Å²) in [6.07, 6.45) is 3.86. The van der Waals surface area contributed by atoms with Gasteiger partial charge in [0.05, 0.1) is 0 Å². The quantitative estimate of drug-likeness (QED) is 0.551. The second-order valence-electron chi connectivity index (χ2n) is 3.58. The number of allylic oxidation sites excluding steroid dienone is 1. The Bertz CT molecular complexity index is 294. The van der Waals surface area contributed by atoms with Crippen LogP contribution in [-0.4, -0.2) is 6.54 Å². The van der Waals surface area contributed by atoms with Crippen molar-refractivity contribution >= 4 is 5.69 Å². The van der Waals surface area contributed by atoms with Gasteiger partial charge in [0.25, 0.3) is 0 Å². The Labute approximate surface area is 85.6 Å². The SMILES string of the molecule is C=CCC(CN)Cc1cccc(N)c1. The minimum absolute atomic E-state index is 0.481. The molecule has 0 amide bonds. The fourth-order valence-electron chi connectivity index (χ4n) is 1.55. The highest BCUT2D eigenvalue weighted by Crippen LogP contribution is 2.14. The molecule has 2 nitrogen and oxygen atoms in total. The molecule has 0 bridgehead atoms. The van der Waals surface area contributed by atoms with Crippen molar-refractivity contribution < 1.29 is 0 Å². The molecule has 0 spiro atoms. The summed E-state index contributed by atoms with van der Waals surface area (Å²) in [5.41, 5.74) is 13.4. The van der Waals surface area contributed by atoms with Gasteiger partial charge in [-0.15, -0.1) is 6.58 Å². The predicted molar refractivity (Wildman–Crippen MR) is 61.9 cm³/mol. The third kappa shape index (κ3) is 3.23. The van der Waals surface area contributed by atoms with E-state index in [2.05, 4.69) is 12.6 Å². The van der Waals surface area contributed by atoms with Crippen LogP contribution in [-0.2, 0) is 6.42 Å². The summed E-state index contributed by atoms with van der Waals surface area (Å²) in [4.78, 5) is 0. The van der Waals surface area contributed by atoms with E-state index in [1.807, 2.05) is 24.3 Å². The van der Waals surface area contributed by atoms with Crippen LogP contribution < -0.4 is 11.5 Å². The highest BCUT2D eigenvalue weighted by Gasteiger charge is 2.05. The first kappa shape index (κ1) is 10.8. The second kappa shape index (κ2) is 5.45. The Morgan fingerprint density at radius 1 is 1.43 bits per heavy atom. The zero-order chi connectivity index (χ0) is 10.4. The van der Waals surface area contributed by atoms with Gasteiger partial charge in [-0.2, -0.15) is 0 Å². The number of hydrogen-bond acceptors (Lipinski definition) is 2. The van der Waals surface area contributed by atoms with Gasteiger partial charge in [-0.25, -0.2) is 0 Å². The molecule has 4 N–H and O–H groups in total. The maximum Gasteiger partial charge on any atom is 0.0316 e. The van der Waals surface area contributed by atoms with Crippen LogP contribution in [0.5, 0.6) is 0 Å². The van der Waals surface area contributed by atoms with E-state index < -0.39 is 0 Å². The van der Waals surface area contributed by atoms with Gasteiger partial charge < -0.3 is 11.5 Å². The molecule has 1 rings (SSSR count). The van der Waals surface area contributed by atoms with E-state index in [-0.39, 0.29) is 0 Å². The fourth-order valence-corrected chi connectivity index (χ4v) is 1.55. The van der Waals surface area contributed by atoms with E-state index in [9.17, 15) is 0 Å². The van der Waals surface area contributed by atoms with Gasteiger partial charge >= 0.3 is 0 Å². The summed E-state index contributed by atoms with van der Waals surface area (Å²) >= 11 is 0. The second-order valence-corrected chi connectivity index (χ2v) is 3.58. The predicted octanol–water partition coefficient (Wildman–Crippen LogP) is 1.96. The lowest BCUT2D eigenvalue weighted by Gasteiger charge is -2.12. The Hall–Kier alpha value is -1.28. The zero-order valence-corrected chi connectivity index (χ0v) is 8.45. The molecule has 1 aromatic carbocycles. The van der Waals surface area contributed by atoms with Crippen LogP contribution in [0.4, 0.5) is 5.69 Å². The first-order chi connectivity index (χ1) is 6.76. The maximum absolute atomic E-state index is 5.70. The summed E-state index contributed by atoms with van der Waals surface area (Å²) in [5, 5.41) is 0. The van der Waals surface area contributed by atoms with Gasteiger partial charge in [-0.3, -0.25) is 0 Å². The van der Waals surface area contributed by atoms with Gasteiger partial charge in [-0.1, -0.05) is 18.2 Å². The standard InChI is InChI=1S/C12H18N2/c1-2-4-11(9-13)7-10-5-3-6-12(14)8-10/h2-3,5-6,8,11H,1,4,7,9,13-14H2. The van der Waals surface area contributed by atoms with E-state index >= 15 is 0 Å². The highest BCUT2D eigenvalue weighted by atomic mass is 14.6. The van der Waals surface area contributed by atoms with Gasteiger partial charge in [0.2, 0.25) is 0 Å². The highest BCUT2D eigenvalue weighted by molar-refractivity contribution is 5.40. The monoisotopic (exact) mass is 190 g/mol. The van der Waals surface area contributed by atoms with Crippen molar-refractivity contribution in [2.75, 3.05) is 12.3 Å². The summed E-state index contributed by atoms with van der Waals surface area (Å²) in [6, 6.07) is 7.97. The average Bonchev–Trinajstić information content (AvgIpc) is 2.17. The van der Waals surface area contributed by atoms with E-state index in [4.69, 9.17) is 11.5 Å². The van der Waals surface area contributed by atoms with Crippen LogP contribution in [0.3, 0.4) is 0 Å². The van der Waals surface area contributed by atoms with Crippen LogP contribution in [0.25, 0.3) is 0 Å². The Morgan fingerprint density at radius 2 is 2.21 bits per heavy atom. The topological polar surface area (TPSA) is 52.0 Å². The van der Waals surface area contributed by atoms with Crippen molar-refractivity contribution in [1.82, 2.24) is 0 Å². The van der Waals surface area contributed by atoms with Gasteiger partial charge in [0.1, 0.15) is 0 Å². The van der Waals surface area contributed by atoms with Crippen molar-refractivity contribution in [3.8, 4) is 0 Å². The molecule has 0 radical (unpaired) electrons. The van der Waals surface area contributed by atoms with Gasteiger partial charge in [0, 0.05) is 5.69 Å². The minimum atomic E-state index is 0.481. The molecule has 2 heteroatoms. The molecular weight excluding hydrogens is 172 g/mol. The van der Waals surface area contributed by atoms with Gasteiger partial charge in [0.15, 0.2) is 0 Å². The van der Waals surface area contributed by atoms with E-state index in [1.165, 1.54) is 5.56 Å². The molecule has 0 heterocycles. The largest absolute Gasteiger partial charge is 0.399 e. The molecule has 0 aliphatic heterocycles. The average molecular weight is 190 g/mol. The lowest BCUT2D eigenvalue weighted by atomic mass is 9.96. The summed E-state index contributed by atoms with van der Waals surface area (Å²) < 4.78 is 0. The molecule has 76 valence electrons. The first-order valence-electron chi connectivity index (χ1n) is 4.91. The minimum Gasteiger partial charge on any atom is -0.399 e. The van der Waals surface area contributed by atoms with Crippen LogP contribution in [0.2, 0.25) is 0 Å². The van der Waals surface area contributed by atoms with Crippen molar-refractivity contribution in [3.63, 3.8) is 0 Å². The molecule has 1 aromatic rings. The summed E-state index contributed by atoms with van der Waals surface area (Å²) in [5.74, 6) is 0.481. The third-order valence-electron chi connectivity index (χ3n) is 2.31. The van der Waals surface area contributed by atoms with Crippen LogP contribution in [0, 0.1) is 5.92 Å². The molecule has 1 atom stereocenters. The van der Waals surface area contributed by atoms with Crippen molar-refractivity contribution in [2.24, 2.45) is 11.7 Å². The normalized spacial score (nSPS) is 12.4. The zero-order valence-electron chi connectivity index (χ0n) is 8.45. The molecule has 1 unspecified atom stereocenters. The number of anilines is 1. The molecule has 0 saturated heterocycles. The number of nitrogen functional groups attached to an aromatic ring is 1. The molecule has 0 aromatic heterocycles. The number of rotatable bonds is 5. The van der Waals surface area contributed by atoms with E-state index in [0.29, 0.717) is 12.5 Å². The fraction of sp³-hybridized carbons (Fsp3) is 0.333. The van der Waals surface area contributed by atoms with E-state index in [1.54, 1.807) is 0 Å². The lowest BCUT2D eigenvalue weighted by molar-refractivity contribution is 0.544. The summed E-state index contributed by atoms with van der Waals surface area (Å²) in [6.45, 7) is 4.42. The van der Waals surface area contributed by atoms with Crippen LogP contribution in [0.15, 0.2) is 36.9 Å². The van der Waals surface area contributed by atoms with Gasteiger partial charge in [-0.05, 0) is 43.0 Å². The molecule has 0 saturated carbocycles. The summed E-state index contributed by atoms with van der Waals surface area (Å²) in [7, 11) is 0. The van der Waals surface area contributed by atoms with Crippen LogP contribution in [0.1, 0.15) is 12.0 Å². The molecule has 0 aliphatic rings. The number of nitrogens with two attached hydrogens (primary N) is 2. The smallest absolute Gasteiger partial charge is 0.0316 e. The van der Waals surface area contributed by atoms with Crippen LogP contribution >= 0.6 is 0 Å². The number of benzene rings is 1. The third-order valence-corrected chi connectivity index (χ3v) is 2.31. The Balaban J connectivity index is 2.61.